The Bertz CT molecular complexity index is 1410. The molecule has 1 fully saturated rings. The van der Waals surface area contributed by atoms with Crippen LogP contribution in [-0.2, 0) is 12.7 Å². The van der Waals surface area contributed by atoms with Crippen molar-refractivity contribution >= 4 is 23.3 Å². The molecule has 212 valence electrons. The fourth-order valence-corrected chi connectivity index (χ4v) is 4.91. The van der Waals surface area contributed by atoms with E-state index in [4.69, 9.17) is 5.73 Å². The van der Waals surface area contributed by atoms with Crippen LogP contribution >= 0.6 is 0 Å². The largest absolute Gasteiger partial charge is 0.416 e. The van der Waals surface area contributed by atoms with Crippen molar-refractivity contribution in [2.24, 2.45) is 5.73 Å². The second kappa shape index (κ2) is 11.5. The summed E-state index contributed by atoms with van der Waals surface area (Å²) in [5.74, 6) is -1.20. The molecule has 2 aromatic carbocycles. The number of benzene rings is 2. The average molecular weight is 556 g/mol. The number of primary amides is 1. The Labute approximate surface area is 230 Å². The van der Waals surface area contributed by atoms with E-state index in [9.17, 15) is 27.6 Å². The number of hydrogen-bond donors (Lipinski definition) is 1. The van der Waals surface area contributed by atoms with E-state index in [1.165, 1.54) is 28.8 Å². The minimum Gasteiger partial charge on any atom is -0.378 e. The van der Waals surface area contributed by atoms with Crippen molar-refractivity contribution in [3.8, 4) is 0 Å². The van der Waals surface area contributed by atoms with Gasteiger partial charge in [-0.2, -0.15) is 13.2 Å². The molecule has 0 atom stereocenters. The van der Waals surface area contributed by atoms with Gasteiger partial charge in [0.05, 0.1) is 23.4 Å². The van der Waals surface area contributed by atoms with Crippen molar-refractivity contribution in [3.05, 3.63) is 88.2 Å². The first-order valence-electron chi connectivity index (χ1n) is 12.8. The van der Waals surface area contributed by atoms with Gasteiger partial charge in [0.2, 0.25) is 0 Å². The molecule has 0 bridgehead atoms. The van der Waals surface area contributed by atoms with E-state index in [1.807, 2.05) is 36.0 Å². The number of alkyl halides is 3. The van der Waals surface area contributed by atoms with Crippen LogP contribution in [-0.4, -0.2) is 78.8 Å². The van der Waals surface area contributed by atoms with Gasteiger partial charge in [0.25, 0.3) is 11.8 Å². The lowest BCUT2D eigenvalue weighted by atomic mass is 10.1. The number of ketones is 1. The highest BCUT2D eigenvalue weighted by atomic mass is 19.4. The van der Waals surface area contributed by atoms with Gasteiger partial charge >= 0.3 is 6.18 Å². The van der Waals surface area contributed by atoms with Gasteiger partial charge < -0.3 is 20.1 Å². The summed E-state index contributed by atoms with van der Waals surface area (Å²) in [6.07, 6.45) is -4.57. The Morgan fingerprint density at radius 3 is 2.15 bits per heavy atom. The van der Waals surface area contributed by atoms with Crippen LogP contribution in [0, 0.1) is 6.92 Å². The van der Waals surface area contributed by atoms with E-state index in [-0.39, 0.29) is 41.6 Å². The highest BCUT2D eigenvalue weighted by molar-refractivity contribution is 6.01. The highest BCUT2D eigenvalue weighted by Crippen LogP contribution is 2.33. The SMILES string of the molecule is Cc1c(C(N)=O)cc(C(=O)CN2CCN(C(=O)c3ccc(N(C)C)cc3)CC2)n1Cc1ccccc1C(F)(F)F. The van der Waals surface area contributed by atoms with Gasteiger partial charge in [-0.1, -0.05) is 18.2 Å². The van der Waals surface area contributed by atoms with Gasteiger partial charge in [-0.05, 0) is 48.9 Å². The maximum Gasteiger partial charge on any atom is 0.416 e. The maximum atomic E-state index is 13.6. The number of carbonyl (C=O) groups is 3. The molecule has 11 heteroatoms. The highest BCUT2D eigenvalue weighted by Gasteiger charge is 2.34. The number of carbonyl (C=O) groups excluding carboxylic acids is 3. The number of nitrogens with zero attached hydrogens (tertiary/aromatic N) is 4. The fraction of sp³-hybridized carbons (Fsp3) is 0.345. The average Bonchev–Trinajstić information content (AvgIpc) is 3.24. The third-order valence-electron chi connectivity index (χ3n) is 7.23. The van der Waals surface area contributed by atoms with E-state index >= 15 is 0 Å². The topological polar surface area (TPSA) is 91.9 Å². The summed E-state index contributed by atoms with van der Waals surface area (Å²) in [5, 5.41) is 0. The summed E-state index contributed by atoms with van der Waals surface area (Å²) >= 11 is 0. The zero-order valence-electron chi connectivity index (χ0n) is 22.7. The quantitative estimate of drug-likeness (QED) is 0.429. The molecular weight excluding hydrogens is 523 g/mol. The number of Topliss-reactive ketones (excluding diaryl/α,β-unsaturated/α-hetero) is 1. The maximum absolute atomic E-state index is 13.6. The molecule has 8 nitrogen and oxygen atoms in total. The van der Waals surface area contributed by atoms with Crippen molar-refractivity contribution in [2.75, 3.05) is 51.7 Å². The summed E-state index contributed by atoms with van der Waals surface area (Å²) < 4.78 is 42.3. The zero-order valence-corrected chi connectivity index (χ0v) is 22.7. The van der Waals surface area contributed by atoms with Crippen LogP contribution in [0.25, 0.3) is 0 Å². The lowest BCUT2D eigenvalue weighted by Crippen LogP contribution is -2.50. The van der Waals surface area contributed by atoms with Gasteiger partial charge in [-0.3, -0.25) is 19.3 Å². The van der Waals surface area contributed by atoms with Crippen LogP contribution in [0.5, 0.6) is 0 Å². The van der Waals surface area contributed by atoms with Crippen LogP contribution in [0.1, 0.15) is 48.0 Å². The Hall–Kier alpha value is -4.12. The molecule has 1 aromatic heterocycles. The molecule has 40 heavy (non-hydrogen) atoms. The summed E-state index contributed by atoms with van der Waals surface area (Å²) in [4.78, 5) is 43.9. The lowest BCUT2D eigenvalue weighted by Gasteiger charge is -2.34. The van der Waals surface area contributed by atoms with Crippen molar-refractivity contribution < 1.29 is 27.6 Å². The van der Waals surface area contributed by atoms with Crippen LogP contribution in [0.2, 0.25) is 0 Å². The van der Waals surface area contributed by atoms with Crippen molar-refractivity contribution in [1.29, 1.82) is 0 Å². The number of piperazine rings is 1. The Kier molecular flexibility index (Phi) is 8.34. The van der Waals surface area contributed by atoms with E-state index in [0.717, 1.165) is 11.8 Å². The predicted octanol–water partition coefficient (Wildman–Crippen LogP) is 3.67. The van der Waals surface area contributed by atoms with Gasteiger partial charge in [-0.25, -0.2) is 0 Å². The molecule has 2 amide bonds. The smallest absolute Gasteiger partial charge is 0.378 e. The Morgan fingerprint density at radius 1 is 0.950 bits per heavy atom. The number of rotatable bonds is 8. The fourth-order valence-electron chi connectivity index (χ4n) is 4.91. The number of halogens is 3. The predicted molar refractivity (Wildman–Crippen MR) is 146 cm³/mol. The molecule has 1 aliphatic heterocycles. The van der Waals surface area contributed by atoms with E-state index in [2.05, 4.69) is 0 Å². The normalized spacial score (nSPS) is 14.3. The first kappa shape index (κ1) is 28.9. The van der Waals surface area contributed by atoms with E-state index in [0.29, 0.717) is 37.4 Å². The summed E-state index contributed by atoms with van der Waals surface area (Å²) in [6.45, 7) is 3.05. The minimum atomic E-state index is -4.57. The molecule has 0 unspecified atom stereocenters. The molecule has 2 N–H and O–H groups in total. The molecule has 0 aliphatic carbocycles. The number of nitrogens with two attached hydrogens (primary N) is 1. The van der Waals surface area contributed by atoms with Crippen LogP contribution in [0.4, 0.5) is 18.9 Å². The molecule has 4 rings (SSSR count). The molecule has 1 saturated heterocycles. The third-order valence-corrected chi connectivity index (χ3v) is 7.23. The molecule has 1 aliphatic rings. The van der Waals surface area contributed by atoms with Gasteiger partial charge in [-0.15, -0.1) is 0 Å². The van der Waals surface area contributed by atoms with Gasteiger partial charge in [0, 0.05) is 63.8 Å². The summed E-state index contributed by atoms with van der Waals surface area (Å²) in [5.41, 5.74) is 6.76. The molecule has 0 spiro atoms. The minimum absolute atomic E-state index is 0.0118. The zero-order chi connectivity index (χ0) is 29.2. The van der Waals surface area contributed by atoms with Gasteiger partial charge in [0.1, 0.15) is 0 Å². The van der Waals surface area contributed by atoms with Gasteiger partial charge in [0.15, 0.2) is 5.78 Å². The Balaban J connectivity index is 1.47. The number of hydrogen-bond acceptors (Lipinski definition) is 5. The second-order valence-corrected chi connectivity index (χ2v) is 10.1. The first-order chi connectivity index (χ1) is 18.9. The van der Waals surface area contributed by atoms with Crippen molar-refractivity contribution in [2.45, 2.75) is 19.6 Å². The third kappa shape index (κ3) is 6.20. The van der Waals surface area contributed by atoms with Crippen molar-refractivity contribution in [1.82, 2.24) is 14.4 Å². The summed E-state index contributed by atoms with van der Waals surface area (Å²) in [7, 11) is 3.84. The Morgan fingerprint density at radius 2 is 1.57 bits per heavy atom. The van der Waals surface area contributed by atoms with E-state index in [1.54, 1.807) is 24.0 Å². The van der Waals surface area contributed by atoms with Crippen LogP contribution in [0.15, 0.2) is 54.6 Å². The molecule has 0 radical (unpaired) electrons. The van der Waals surface area contributed by atoms with Crippen LogP contribution in [0.3, 0.4) is 0 Å². The lowest BCUT2D eigenvalue weighted by molar-refractivity contribution is -0.138. The summed E-state index contributed by atoms with van der Waals surface area (Å²) in [6, 6.07) is 13.8. The molecule has 3 aromatic rings. The standard InChI is InChI=1S/C29H32F3N5O3/c1-19-23(27(33)39)16-25(37(19)17-21-6-4-5-7-24(21)29(30,31)32)26(38)18-35-12-14-36(15-13-35)28(40)20-8-10-22(11-9-20)34(2)3/h4-11,16H,12-15,17-18H2,1-3H3,(H2,33,39). The number of amides is 2. The first-order valence-corrected chi connectivity index (χ1v) is 12.8. The van der Waals surface area contributed by atoms with Crippen LogP contribution < -0.4 is 10.6 Å². The number of aromatic nitrogens is 1. The molecule has 2 heterocycles. The van der Waals surface area contributed by atoms with Crippen molar-refractivity contribution in [3.63, 3.8) is 0 Å². The number of anilines is 1. The molecule has 0 saturated carbocycles. The molecular formula is C29H32F3N5O3. The van der Waals surface area contributed by atoms with E-state index < -0.39 is 17.6 Å². The monoisotopic (exact) mass is 555 g/mol. The second-order valence-electron chi connectivity index (χ2n) is 10.1.